The van der Waals surface area contributed by atoms with Crippen molar-refractivity contribution < 1.29 is 23.5 Å². The molecule has 0 bridgehead atoms. The number of fused-ring (bicyclic) bond motifs is 1. The number of ether oxygens (including phenoxy) is 2. The van der Waals surface area contributed by atoms with E-state index in [0.29, 0.717) is 56.6 Å². The number of carbonyl (C=O) groups is 2. The summed E-state index contributed by atoms with van der Waals surface area (Å²) in [5, 5.41) is 5.20. The van der Waals surface area contributed by atoms with Crippen LogP contribution in [-0.2, 0) is 22.6 Å². The van der Waals surface area contributed by atoms with E-state index in [0.717, 1.165) is 5.56 Å². The minimum absolute atomic E-state index is 0.208. The Morgan fingerprint density at radius 1 is 1.17 bits per heavy atom. The topological polar surface area (TPSA) is 109 Å². The standard InChI is InChI=1S/C24H31FN6O4/c1-5-26-22(32)27-15-6-7-16(18(25)12-15)20-28-19-14-31(23(33)35-24(2,3)4)13-17(19)21(29-20)30-8-10-34-11-9-30/h6-7,12H,5,8-11,13-14H2,1-4H3,(H2,26,27,32). The van der Waals surface area contributed by atoms with Crippen LogP contribution in [0.4, 0.5) is 25.5 Å². The van der Waals surface area contributed by atoms with Gasteiger partial charge in [0.2, 0.25) is 0 Å². The summed E-state index contributed by atoms with van der Waals surface area (Å²) < 4.78 is 26.1. The molecule has 0 saturated carbocycles. The molecule has 4 rings (SSSR count). The lowest BCUT2D eigenvalue weighted by Crippen LogP contribution is -2.38. The molecule has 2 aromatic rings. The molecule has 2 aliphatic heterocycles. The minimum Gasteiger partial charge on any atom is -0.444 e. The SMILES string of the molecule is CCNC(=O)Nc1ccc(-c2nc3c(c(N4CCOCC4)n2)CN(C(=O)OC(C)(C)C)C3)c(F)c1. The Bertz CT molecular complexity index is 1110. The van der Waals surface area contributed by atoms with Crippen molar-refractivity contribution in [2.75, 3.05) is 43.1 Å². The number of morpholine rings is 1. The van der Waals surface area contributed by atoms with E-state index in [9.17, 15) is 9.59 Å². The fourth-order valence-electron chi connectivity index (χ4n) is 3.96. The molecule has 0 atom stereocenters. The molecule has 2 aliphatic rings. The predicted molar refractivity (Wildman–Crippen MR) is 129 cm³/mol. The monoisotopic (exact) mass is 486 g/mol. The van der Waals surface area contributed by atoms with Crippen LogP contribution < -0.4 is 15.5 Å². The number of benzene rings is 1. The summed E-state index contributed by atoms with van der Waals surface area (Å²) in [7, 11) is 0. The van der Waals surface area contributed by atoms with Crippen molar-refractivity contribution in [1.29, 1.82) is 0 Å². The Labute approximate surface area is 203 Å². The molecule has 10 nitrogen and oxygen atoms in total. The van der Waals surface area contributed by atoms with E-state index < -0.39 is 23.5 Å². The summed E-state index contributed by atoms with van der Waals surface area (Å²) in [6.45, 7) is 10.6. The van der Waals surface area contributed by atoms with Gasteiger partial charge in [-0.2, -0.15) is 0 Å². The zero-order valence-electron chi connectivity index (χ0n) is 20.5. The highest BCUT2D eigenvalue weighted by Crippen LogP contribution is 2.34. The molecule has 1 aromatic heterocycles. The van der Waals surface area contributed by atoms with E-state index in [4.69, 9.17) is 14.5 Å². The van der Waals surface area contributed by atoms with Crippen molar-refractivity contribution in [3.8, 4) is 11.4 Å². The molecule has 0 aliphatic carbocycles. The Morgan fingerprint density at radius 2 is 1.91 bits per heavy atom. The second-order valence-electron chi connectivity index (χ2n) is 9.41. The summed E-state index contributed by atoms with van der Waals surface area (Å²) in [6, 6.07) is 3.97. The number of halogens is 1. The molecule has 1 saturated heterocycles. The van der Waals surface area contributed by atoms with E-state index in [2.05, 4.69) is 20.5 Å². The number of amides is 3. The van der Waals surface area contributed by atoms with E-state index >= 15 is 4.39 Å². The van der Waals surface area contributed by atoms with Gasteiger partial charge in [-0.3, -0.25) is 4.90 Å². The number of urea groups is 1. The third kappa shape index (κ3) is 5.79. The van der Waals surface area contributed by atoms with Gasteiger partial charge in [0, 0.05) is 30.9 Å². The molecule has 3 amide bonds. The van der Waals surface area contributed by atoms with Crippen LogP contribution in [0.15, 0.2) is 18.2 Å². The highest BCUT2D eigenvalue weighted by Gasteiger charge is 2.33. The normalized spacial score (nSPS) is 15.6. The summed E-state index contributed by atoms with van der Waals surface area (Å²) in [5.74, 6) is 0.329. The molecule has 3 heterocycles. The molecule has 188 valence electrons. The van der Waals surface area contributed by atoms with Crippen molar-refractivity contribution in [2.45, 2.75) is 46.4 Å². The largest absolute Gasteiger partial charge is 0.444 e. The first-order chi connectivity index (χ1) is 16.6. The average Bonchev–Trinajstić information content (AvgIpc) is 3.23. The third-order valence-electron chi connectivity index (χ3n) is 5.53. The molecule has 0 radical (unpaired) electrons. The number of nitrogens with zero attached hydrogens (tertiary/aromatic N) is 4. The quantitative estimate of drug-likeness (QED) is 0.681. The number of aromatic nitrogens is 2. The van der Waals surface area contributed by atoms with E-state index in [-0.39, 0.29) is 17.9 Å². The van der Waals surface area contributed by atoms with E-state index in [1.54, 1.807) is 24.0 Å². The van der Waals surface area contributed by atoms with Crippen molar-refractivity contribution in [3.05, 3.63) is 35.3 Å². The van der Waals surface area contributed by atoms with Crippen LogP contribution >= 0.6 is 0 Å². The van der Waals surface area contributed by atoms with Gasteiger partial charge in [0.05, 0.1) is 37.6 Å². The fourth-order valence-corrected chi connectivity index (χ4v) is 3.96. The van der Waals surface area contributed by atoms with Crippen LogP contribution in [0.5, 0.6) is 0 Å². The molecular weight excluding hydrogens is 455 g/mol. The minimum atomic E-state index is -0.622. The molecular formula is C24H31FN6O4. The number of rotatable bonds is 4. The summed E-state index contributed by atoms with van der Waals surface area (Å²) >= 11 is 0. The van der Waals surface area contributed by atoms with Crippen molar-refractivity contribution in [3.63, 3.8) is 0 Å². The second-order valence-corrected chi connectivity index (χ2v) is 9.41. The van der Waals surface area contributed by atoms with Crippen LogP contribution in [0.25, 0.3) is 11.4 Å². The van der Waals surface area contributed by atoms with E-state index in [1.807, 2.05) is 20.8 Å². The first kappa shape index (κ1) is 24.6. The average molecular weight is 487 g/mol. The first-order valence-electron chi connectivity index (χ1n) is 11.7. The molecule has 0 unspecified atom stereocenters. The number of anilines is 2. The molecule has 2 N–H and O–H groups in total. The highest BCUT2D eigenvalue weighted by molar-refractivity contribution is 5.89. The second kappa shape index (κ2) is 10.0. The fraction of sp³-hybridized carbons (Fsp3) is 0.500. The third-order valence-corrected chi connectivity index (χ3v) is 5.53. The Morgan fingerprint density at radius 3 is 2.57 bits per heavy atom. The maximum Gasteiger partial charge on any atom is 0.410 e. The van der Waals surface area contributed by atoms with Gasteiger partial charge in [-0.05, 0) is 45.9 Å². The maximum absolute atomic E-state index is 15.1. The van der Waals surface area contributed by atoms with Crippen LogP contribution in [0.3, 0.4) is 0 Å². The Hall–Kier alpha value is -3.47. The zero-order valence-corrected chi connectivity index (χ0v) is 20.5. The van der Waals surface area contributed by atoms with Crippen LogP contribution in [-0.4, -0.2) is 65.4 Å². The molecule has 11 heteroatoms. The Kier molecular flexibility index (Phi) is 7.06. The van der Waals surface area contributed by atoms with Crippen molar-refractivity contribution >= 4 is 23.6 Å². The van der Waals surface area contributed by atoms with Gasteiger partial charge in [0.25, 0.3) is 0 Å². The number of hydrogen-bond donors (Lipinski definition) is 2. The lowest BCUT2D eigenvalue weighted by Gasteiger charge is -2.29. The first-order valence-corrected chi connectivity index (χ1v) is 11.7. The van der Waals surface area contributed by atoms with Crippen molar-refractivity contribution in [2.24, 2.45) is 0 Å². The summed E-state index contributed by atoms with van der Waals surface area (Å²) in [5.41, 5.74) is 1.40. The lowest BCUT2D eigenvalue weighted by molar-refractivity contribution is 0.0240. The van der Waals surface area contributed by atoms with Gasteiger partial charge >= 0.3 is 12.1 Å². The van der Waals surface area contributed by atoms with Crippen LogP contribution in [0, 0.1) is 5.82 Å². The number of carbonyl (C=O) groups excluding carboxylic acids is 2. The smallest absolute Gasteiger partial charge is 0.410 e. The Balaban J connectivity index is 1.67. The van der Waals surface area contributed by atoms with Gasteiger partial charge in [0.15, 0.2) is 5.82 Å². The highest BCUT2D eigenvalue weighted by atomic mass is 19.1. The summed E-state index contributed by atoms with van der Waals surface area (Å²) in [4.78, 5) is 37.5. The predicted octanol–water partition coefficient (Wildman–Crippen LogP) is 3.51. The van der Waals surface area contributed by atoms with Gasteiger partial charge in [0.1, 0.15) is 17.2 Å². The van der Waals surface area contributed by atoms with Crippen LogP contribution in [0.1, 0.15) is 39.0 Å². The van der Waals surface area contributed by atoms with Gasteiger partial charge in [-0.1, -0.05) is 0 Å². The summed E-state index contributed by atoms with van der Waals surface area (Å²) in [6.07, 6.45) is -0.433. The van der Waals surface area contributed by atoms with Crippen molar-refractivity contribution in [1.82, 2.24) is 20.2 Å². The van der Waals surface area contributed by atoms with Gasteiger partial charge in [-0.15, -0.1) is 0 Å². The van der Waals surface area contributed by atoms with Gasteiger partial charge < -0.3 is 25.0 Å². The lowest BCUT2D eigenvalue weighted by atomic mass is 10.1. The maximum atomic E-state index is 15.1. The van der Waals surface area contributed by atoms with E-state index in [1.165, 1.54) is 6.07 Å². The molecule has 0 spiro atoms. The molecule has 35 heavy (non-hydrogen) atoms. The zero-order chi connectivity index (χ0) is 25.2. The number of nitrogens with one attached hydrogen (secondary N) is 2. The number of hydrogen-bond acceptors (Lipinski definition) is 7. The molecule has 1 aromatic carbocycles. The van der Waals surface area contributed by atoms with Gasteiger partial charge in [-0.25, -0.2) is 23.9 Å². The van der Waals surface area contributed by atoms with Crippen LogP contribution in [0.2, 0.25) is 0 Å². The molecule has 1 fully saturated rings.